The molecule has 1 atom stereocenters. The van der Waals surface area contributed by atoms with Crippen LogP contribution in [0.3, 0.4) is 0 Å². The topological polar surface area (TPSA) is 26.0 Å². The Kier molecular flexibility index (Phi) is 3.04. The van der Waals surface area contributed by atoms with E-state index in [1.807, 2.05) is 0 Å². The fraction of sp³-hybridized carbons (Fsp3) is 0.400. The van der Waals surface area contributed by atoms with Crippen molar-refractivity contribution in [1.82, 2.24) is 0 Å². The second kappa shape index (κ2) is 3.81. The van der Waals surface area contributed by atoms with Crippen LogP contribution in [-0.4, -0.2) is 6.43 Å². The molecule has 0 bridgehead atoms. The second-order valence-corrected chi connectivity index (χ2v) is 3.66. The van der Waals surface area contributed by atoms with Gasteiger partial charge in [0.25, 0.3) is 6.43 Å². The molecule has 1 unspecified atom stereocenters. The molecule has 0 aromatic heterocycles. The summed E-state index contributed by atoms with van der Waals surface area (Å²) in [5, 5.41) is 0. The average Bonchev–Trinajstić information content (AvgIpc) is 2.10. The standard InChI is InChI=1S/C10H11F4N/c1-5-3-8(12)6(4-7(5)11)10(2,15)9(13)14/h3-4,9H,15H2,1-2H3. The van der Waals surface area contributed by atoms with Gasteiger partial charge in [-0.15, -0.1) is 0 Å². The van der Waals surface area contributed by atoms with E-state index in [1.54, 1.807) is 0 Å². The van der Waals surface area contributed by atoms with E-state index >= 15 is 0 Å². The maximum absolute atomic E-state index is 13.3. The zero-order chi connectivity index (χ0) is 11.8. The van der Waals surface area contributed by atoms with E-state index in [9.17, 15) is 17.6 Å². The monoisotopic (exact) mass is 221 g/mol. The Hall–Kier alpha value is -1.10. The summed E-state index contributed by atoms with van der Waals surface area (Å²) in [5.74, 6) is -1.66. The Morgan fingerprint density at radius 2 is 1.73 bits per heavy atom. The second-order valence-electron chi connectivity index (χ2n) is 3.66. The van der Waals surface area contributed by atoms with Crippen LogP contribution in [0.2, 0.25) is 0 Å². The van der Waals surface area contributed by atoms with Crippen molar-refractivity contribution >= 4 is 0 Å². The molecule has 1 nitrogen and oxygen atoms in total. The lowest BCUT2D eigenvalue weighted by molar-refractivity contribution is 0.0603. The smallest absolute Gasteiger partial charge is 0.260 e. The molecule has 0 radical (unpaired) electrons. The molecule has 0 saturated heterocycles. The summed E-state index contributed by atoms with van der Waals surface area (Å²) in [5.41, 5.74) is 2.61. The van der Waals surface area contributed by atoms with Gasteiger partial charge in [0.2, 0.25) is 0 Å². The number of alkyl halides is 2. The summed E-state index contributed by atoms with van der Waals surface area (Å²) in [6.07, 6.45) is -2.96. The van der Waals surface area contributed by atoms with Gasteiger partial charge < -0.3 is 5.73 Å². The molecule has 0 heterocycles. The summed E-state index contributed by atoms with van der Waals surface area (Å²) in [6.45, 7) is 2.31. The molecular formula is C10H11F4N. The first-order chi connectivity index (χ1) is 6.76. The van der Waals surface area contributed by atoms with Gasteiger partial charge in [-0.05, 0) is 31.5 Å². The first kappa shape index (κ1) is 12.0. The molecule has 0 fully saturated rings. The average molecular weight is 221 g/mol. The molecule has 0 amide bonds. The van der Waals surface area contributed by atoms with Crippen LogP contribution in [0.1, 0.15) is 18.1 Å². The largest absolute Gasteiger partial charge is 0.317 e. The van der Waals surface area contributed by atoms with Gasteiger partial charge in [-0.1, -0.05) is 0 Å². The predicted octanol–water partition coefficient (Wildman–Crippen LogP) is 2.71. The van der Waals surface area contributed by atoms with Crippen molar-refractivity contribution in [3.63, 3.8) is 0 Å². The number of rotatable bonds is 2. The molecule has 0 saturated carbocycles. The summed E-state index contributed by atoms with van der Waals surface area (Å²) in [6, 6.07) is 1.58. The van der Waals surface area contributed by atoms with Crippen LogP contribution in [-0.2, 0) is 5.54 Å². The van der Waals surface area contributed by atoms with Crippen LogP contribution in [0.15, 0.2) is 12.1 Å². The van der Waals surface area contributed by atoms with E-state index in [2.05, 4.69) is 0 Å². The van der Waals surface area contributed by atoms with Gasteiger partial charge in [-0.3, -0.25) is 0 Å². The predicted molar refractivity (Wildman–Crippen MR) is 48.6 cm³/mol. The van der Waals surface area contributed by atoms with Gasteiger partial charge in [0.1, 0.15) is 17.2 Å². The van der Waals surface area contributed by atoms with Crippen molar-refractivity contribution in [3.8, 4) is 0 Å². The maximum Gasteiger partial charge on any atom is 0.260 e. The normalized spacial score (nSPS) is 15.5. The number of hydrogen-bond donors (Lipinski definition) is 1. The summed E-state index contributed by atoms with van der Waals surface area (Å²) in [7, 11) is 0. The maximum atomic E-state index is 13.3. The third kappa shape index (κ3) is 2.12. The van der Waals surface area contributed by atoms with Crippen LogP contribution in [0, 0.1) is 18.6 Å². The summed E-state index contributed by atoms with van der Waals surface area (Å²) < 4.78 is 51.4. The third-order valence-corrected chi connectivity index (χ3v) is 2.28. The minimum atomic E-state index is -2.96. The minimum Gasteiger partial charge on any atom is -0.317 e. The molecule has 1 aromatic rings. The zero-order valence-electron chi connectivity index (χ0n) is 8.32. The molecule has 15 heavy (non-hydrogen) atoms. The van der Waals surface area contributed by atoms with E-state index in [4.69, 9.17) is 5.73 Å². The SMILES string of the molecule is Cc1cc(F)c(C(C)(N)C(F)F)cc1F. The molecule has 1 aromatic carbocycles. The van der Waals surface area contributed by atoms with E-state index < -0.39 is 29.2 Å². The fourth-order valence-corrected chi connectivity index (χ4v) is 1.18. The first-order valence-corrected chi connectivity index (χ1v) is 4.30. The lowest BCUT2D eigenvalue weighted by atomic mass is 9.92. The van der Waals surface area contributed by atoms with Crippen LogP contribution in [0.5, 0.6) is 0 Å². The Morgan fingerprint density at radius 1 is 1.20 bits per heavy atom. The minimum absolute atomic E-state index is 0.0568. The number of hydrogen-bond acceptors (Lipinski definition) is 1. The number of benzene rings is 1. The molecule has 84 valence electrons. The van der Waals surface area contributed by atoms with Gasteiger partial charge in [-0.25, -0.2) is 17.6 Å². The van der Waals surface area contributed by atoms with Crippen molar-refractivity contribution in [2.75, 3.05) is 0 Å². The Labute approximate surface area is 84.9 Å². The van der Waals surface area contributed by atoms with E-state index in [1.165, 1.54) is 6.92 Å². The third-order valence-electron chi connectivity index (χ3n) is 2.28. The van der Waals surface area contributed by atoms with E-state index in [-0.39, 0.29) is 5.56 Å². The van der Waals surface area contributed by atoms with Crippen LogP contribution in [0.4, 0.5) is 17.6 Å². The molecule has 5 heteroatoms. The highest BCUT2D eigenvalue weighted by Gasteiger charge is 2.35. The summed E-state index contributed by atoms with van der Waals surface area (Å²) >= 11 is 0. The van der Waals surface area contributed by atoms with Crippen LogP contribution >= 0.6 is 0 Å². The van der Waals surface area contributed by atoms with Crippen molar-refractivity contribution in [2.45, 2.75) is 25.8 Å². The Bertz CT molecular complexity index is 374. The number of halogens is 4. The quantitative estimate of drug-likeness (QED) is 0.763. The van der Waals surface area contributed by atoms with Gasteiger partial charge in [-0.2, -0.15) is 0 Å². The molecule has 0 aliphatic heterocycles. The molecule has 0 aliphatic rings. The lowest BCUT2D eigenvalue weighted by Crippen LogP contribution is -2.41. The van der Waals surface area contributed by atoms with Gasteiger partial charge in [0.15, 0.2) is 0 Å². The van der Waals surface area contributed by atoms with Crippen molar-refractivity contribution in [2.24, 2.45) is 5.73 Å². The highest BCUT2D eigenvalue weighted by Crippen LogP contribution is 2.28. The van der Waals surface area contributed by atoms with Crippen molar-refractivity contribution < 1.29 is 17.6 Å². The van der Waals surface area contributed by atoms with Crippen LogP contribution < -0.4 is 5.73 Å². The molecular weight excluding hydrogens is 210 g/mol. The zero-order valence-corrected chi connectivity index (χ0v) is 8.32. The molecule has 0 aliphatic carbocycles. The van der Waals surface area contributed by atoms with Gasteiger partial charge in [0, 0.05) is 5.56 Å². The van der Waals surface area contributed by atoms with Crippen molar-refractivity contribution in [3.05, 3.63) is 34.9 Å². The van der Waals surface area contributed by atoms with E-state index in [0.29, 0.717) is 0 Å². The van der Waals surface area contributed by atoms with Gasteiger partial charge >= 0.3 is 0 Å². The Morgan fingerprint density at radius 3 is 2.20 bits per heavy atom. The summed E-state index contributed by atoms with van der Waals surface area (Å²) in [4.78, 5) is 0. The number of aryl methyl sites for hydroxylation is 1. The van der Waals surface area contributed by atoms with Crippen LogP contribution in [0.25, 0.3) is 0 Å². The number of nitrogens with two attached hydrogens (primary N) is 1. The van der Waals surface area contributed by atoms with E-state index in [0.717, 1.165) is 19.1 Å². The highest BCUT2D eigenvalue weighted by molar-refractivity contribution is 5.30. The fourth-order valence-electron chi connectivity index (χ4n) is 1.18. The first-order valence-electron chi connectivity index (χ1n) is 4.30. The molecule has 1 rings (SSSR count). The lowest BCUT2D eigenvalue weighted by Gasteiger charge is -2.24. The Balaban J connectivity index is 3.32. The molecule has 2 N–H and O–H groups in total. The van der Waals surface area contributed by atoms with Crippen molar-refractivity contribution in [1.29, 1.82) is 0 Å². The van der Waals surface area contributed by atoms with Gasteiger partial charge in [0.05, 0.1) is 0 Å². The highest BCUT2D eigenvalue weighted by atomic mass is 19.3. The molecule has 0 spiro atoms.